The Morgan fingerprint density at radius 2 is 0.686 bits per heavy atom. The first-order valence-electron chi connectivity index (χ1n) is 29.2. The number of para-hydroxylation sites is 5. The molecule has 19 rings (SSSR count). The first kappa shape index (κ1) is 46.9. The molecule has 6 nitrogen and oxygen atoms in total. The Morgan fingerprint density at radius 3 is 1.37 bits per heavy atom. The van der Waals surface area contributed by atoms with Gasteiger partial charge in [0.05, 0.1) is 44.2 Å². The van der Waals surface area contributed by atoms with Crippen LogP contribution in [0.3, 0.4) is 0 Å². The number of hydrogen-bond acceptors (Lipinski definition) is 3. The van der Waals surface area contributed by atoms with Crippen molar-refractivity contribution in [3.63, 3.8) is 0 Å². The number of carbonyl (C=O) groups excluding carboxylic acids is 2. The van der Waals surface area contributed by atoms with Crippen LogP contribution in [0.5, 0.6) is 0 Å². The number of rotatable bonds is 6. The molecule has 0 N–H and O–H groups in total. The van der Waals surface area contributed by atoms with Crippen molar-refractivity contribution in [2.45, 2.75) is 0 Å². The Kier molecular flexibility index (Phi) is 9.54. The standard InChI is InChI=1S/C80H45N3O3/c84-78-62-25-11-10-22-54(62)58-34-36-61-67-42-49(31-39-71(67)83(76(61)74(58)78)53-20-8-3-9-21-53)64-43-50(44-68-57-24-13-15-27-73(57)86-80(64)68)47-29-33-63-65(40-47)59-35-37-60-66-41-46(30-38-70(66)82(52-18-6-2-7-19-52)77(60)75(59)79(63)85)48-28-32-56-55-23-12-14-26-69(55)81(72(56)45-48)51-16-4-1-5-17-51/h1-45H. The third-order valence-corrected chi connectivity index (χ3v) is 18.5. The molecule has 13 aromatic carbocycles. The lowest BCUT2D eigenvalue weighted by Gasteiger charge is -2.11. The Labute approximate surface area is 491 Å². The average Bonchev–Trinajstić information content (AvgIpc) is 1.65. The number of furan rings is 1. The first-order chi connectivity index (χ1) is 42.5. The SMILES string of the molecule is O=C1c2ccc(-c3cc(-c4ccc5c(c4)c4ccc6c(c4n5-c4ccccc4)C(=O)c4ccccc4-6)c4oc5ccccc5c4c3)cc2-c2ccc3c4cc(-c5ccc6c7ccccc7n(-c7ccccc7)c6c5)ccc4n(-c4ccccc4)c3c21. The molecule has 2 aliphatic carbocycles. The first-order valence-corrected chi connectivity index (χ1v) is 29.2. The van der Waals surface area contributed by atoms with Crippen molar-refractivity contribution < 1.29 is 14.0 Å². The summed E-state index contributed by atoms with van der Waals surface area (Å²) < 4.78 is 13.8. The van der Waals surface area contributed by atoms with E-state index in [-0.39, 0.29) is 11.6 Å². The summed E-state index contributed by atoms with van der Waals surface area (Å²) in [6, 6.07) is 95.9. The lowest BCUT2D eigenvalue weighted by atomic mass is 9.93. The van der Waals surface area contributed by atoms with E-state index in [1.165, 1.54) is 16.3 Å². The van der Waals surface area contributed by atoms with Gasteiger partial charge >= 0.3 is 0 Å². The third-order valence-electron chi connectivity index (χ3n) is 18.5. The highest BCUT2D eigenvalue weighted by Gasteiger charge is 2.34. The van der Waals surface area contributed by atoms with E-state index in [1.54, 1.807) is 0 Å². The maximum absolute atomic E-state index is 15.4. The summed E-state index contributed by atoms with van der Waals surface area (Å²) in [5.41, 5.74) is 23.6. The Bertz CT molecular complexity index is 5860. The number of aromatic nitrogens is 3. The second-order valence-electron chi connectivity index (χ2n) is 23.0. The maximum atomic E-state index is 15.4. The summed E-state index contributed by atoms with van der Waals surface area (Å²) in [4.78, 5) is 29.8. The maximum Gasteiger partial charge on any atom is 0.196 e. The Morgan fingerprint density at radius 1 is 0.244 bits per heavy atom. The normalized spacial score (nSPS) is 12.7. The molecule has 0 radical (unpaired) electrons. The van der Waals surface area contributed by atoms with Crippen LogP contribution in [0.2, 0.25) is 0 Å². The van der Waals surface area contributed by atoms with Gasteiger partial charge in [0.1, 0.15) is 11.2 Å². The Hall–Kier alpha value is -11.6. The van der Waals surface area contributed by atoms with Crippen LogP contribution in [0.25, 0.3) is 160 Å². The molecule has 4 heterocycles. The predicted molar refractivity (Wildman–Crippen MR) is 351 cm³/mol. The molecule has 0 aliphatic heterocycles. The molecule has 0 spiro atoms. The molecule has 398 valence electrons. The highest BCUT2D eigenvalue weighted by Crippen LogP contribution is 2.50. The molecule has 6 heteroatoms. The van der Waals surface area contributed by atoms with Gasteiger partial charge in [0, 0.05) is 76.8 Å². The highest BCUT2D eigenvalue weighted by molar-refractivity contribution is 6.31. The molecule has 0 saturated carbocycles. The van der Waals surface area contributed by atoms with Gasteiger partial charge in [0.15, 0.2) is 11.6 Å². The van der Waals surface area contributed by atoms with Crippen molar-refractivity contribution in [2.75, 3.05) is 0 Å². The van der Waals surface area contributed by atoms with Crippen molar-refractivity contribution in [3.05, 3.63) is 295 Å². The lowest BCUT2D eigenvalue weighted by Crippen LogP contribution is -2.01. The molecule has 0 atom stereocenters. The van der Waals surface area contributed by atoms with Gasteiger partial charge in [-0.2, -0.15) is 0 Å². The van der Waals surface area contributed by atoms with E-state index in [0.717, 1.165) is 155 Å². The van der Waals surface area contributed by atoms with Crippen LogP contribution in [0, 0.1) is 0 Å². The minimum Gasteiger partial charge on any atom is -0.455 e. The van der Waals surface area contributed by atoms with E-state index < -0.39 is 0 Å². The number of hydrogen-bond donors (Lipinski definition) is 0. The molecule has 0 amide bonds. The van der Waals surface area contributed by atoms with E-state index >= 15 is 4.79 Å². The van der Waals surface area contributed by atoms with Gasteiger partial charge in [0.25, 0.3) is 0 Å². The smallest absolute Gasteiger partial charge is 0.196 e. The fourth-order valence-electron chi connectivity index (χ4n) is 14.7. The third kappa shape index (κ3) is 6.44. The zero-order chi connectivity index (χ0) is 56.5. The van der Waals surface area contributed by atoms with Crippen LogP contribution in [-0.4, -0.2) is 25.3 Å². The number of carbonyl (C=O) groups is 2. The largest absolute Gasteiger partial charge is 0.455 e. The fraction of sp³-hybridized carbons (Fsp3) is 0. The van der Waals surface area contributed by atoms with E-state index in [4.69, 9.17) is 4.42 Å². The van der Waals surface area contributed by atoms with Crippen LogP contribution < -0.4 is 0 Å². The average molecular weight is 1100 g/mol. The van der Waals surface area contributed by atoms with E-state index in [1.807, 2.05) is 60.7 Å². The summed E-state index contributed by atoms with van der Waals surface area (Å²) in [7, 11) is 0. The predicted octanol–water partition coefficient (Wildman–Crippen LogP) is 20.3. The lowest BCUT2D eigenvalue weighted by molar-refractivity contribution is 0.103. The fourth-order valence-corrected chi connectivity index (χ4v) is 14.7. The minimum atomic E-state index is 0.0164. The van der Waals surface area contributed by atoms with Crippen molar-refractivity contribution in [1.82, 2.24) is 13.7 Å². The van der Waals surface area contributed by atoms with Crippen LogP contribution in [0.4, 0.5) is 0 Å². The number of ketones is 2. The van der Waals surface area contributed by atoms with Crippen molar-refractivity contribution in [2.24, 2.45) is 0 Å². The summed E-state index contributed by atoms with van der Waals surface area (Å²) in [6.45, 7) is 0. The van der Waals surface area contributed by atoms with Gasteiger partial charge in [-0.05, 0) is 153 Å². The summed E-state index contributed by atoms with van der Waals surface area (Å²) >= 11 is 0. The number of nitrogens with zero attached hydrogens (tertiary/aromatic N) is 3. The Balaban J connectivity index is 0.778. The molecule has 0 bridgehead atoms. The van der Waals surface area contributed by atoms with Crippen molar-refractivity contribution >= 4 is 98.9 Å². The molecule has 0 unspecified atom stereocenters. The van der Waals surface area contributed by atoms with E-state index in [0.29, 0.717) is 11.1 Å². The molecule has 4 aromatic heterocycles. The second kappa shape index (κ2) is 17.5. The summed E-state index contributed by atoms with van der Waals surface area (Å²) in [5.74, 6) is 0.0611. The molecule has 2 aliphatic rings. The monoisotopic (exact) mass is 1100 g/mol. The number of fused-ring (bicyclic) bond motifs is 20. The van der Waals surface area contributed by atoms with Gasteiger partial charge in [-0.15, -0.1) is 0 Å². The number of benzene rings is 13. The van der Waals surface area contributed by atoms with Crippen LogP contribution in [-0.2, 0) is 0 Å². The summed E-state index contributed by atoms with van der Waals surface area (Å²) in [5, 5.41) is 8.61. The van der Waals surface area contributed by atoms with Crippen molar-refractivity contribution in [1.29, 1.82) is 0 Å². The van der Waals surface area contributed by atoms with E-state index in [2.05, 4.69) is 226 Å². The van der Waals surface area contributed by atoms with Gasteiger partial charge in [-0.25, -0.2) is 0 Å². The zero-order valence-electron chi connectivity index (χ0n) is 46.0. The summed E-state index contributed by atoms with van der Waals surface area (Å²) in [6.07, 6.45) is 0. The van der Waals surface area contributed by atoms with Gasteiger partial charge in [-0.3, -0.25) is 9.59 Å². The molecular weight excluding hydrogens is 1050 g/mol. The van der Waals surface area contributed by atoms with Gasteiger partial charge < -0.3 is 18.1 Å². The quantitative estimate of drug-likeness (QED) is 0.167. The molecule has 0 fully saturated rings. The van der Waals surface area contributed by atoms with Crippen LogP contribution in [0.15, 0.2) is 277 Å². The van der Waals surface area contributed by atoms with Crippen LogP contribution >= 0.6 is 0 Å². The highest BCUT2D eigenvalue weighted by atomic mass is 16.3. The topological polar surface area (TPSA) is 62.1 Å². The van der Waals surface area contributed by atoms with Gasteiger partial charge in [-0.1, -0.05) is 170 Å². The molecule has 0 saturated heterocycles. The second-order valence-corrected chi connectivity index (χ2v) is 23.0. The molecule has 86 heavy (non-hydrogen) atoms. The zero-order valence-corrected chi connectivity index (χ0v) is 46.0. The van der Waals surface area contributed by atoms with Crippen LogP contribution in [0.1, 0.15) is 31.8 Å². The molecule has 17 aromatic rings. The molecular formula is C80H45N3O3. The van der Waals surface area contributed by atoms with E-state index in [9.17, 15) is 4.79 Å². The van der Waals surface area contributed by atoms with Crippen molar-refractivity contribution in [3.8, 4) is 72.7 Å². The minimum absolute atomic E-state index is 0.0164. The van der Waals surface area contributed by atoms with Gasteiger partial charge in [0.2, 0.25) is 0 Å².